The zero-order valence-corrected chi connectivity index (χ0v) is 10.4. The van der Waals surface area contributed by atoms with Crippen molar-refractivity contribution >= 4 is 22.7 Å². The van der Waals surface area contributed by atoms with E-state index in [9.17, 15) is 9.59 Å². The molecule has 2 aromatic carbocycles. The van der Waals surface area contributed by atoms with Crippen LogP contribution >= 0.6 is 0 Å². The van der Waals surface area contributed by atoms with E-state index < -0.39 is 23.8 Å². The van der Waals surface area contributed by atoms with Gasteiger partial charge in [0.05, 0.1) is 12.2 Å². The van der Waals surface area contributed by atoms with E-state index in [1.165, 1.54) is 0 Å². The Balaban J connectivity index is 1.81. The predicted octanol–water partition coefficient (Wildman–Crippen LogP) is 2.28. The molecule has 0 aromatic heterocycles. The first-order chi connectivity index (χ1) is 9.75. The first kappa shape index (κ1) is 10.6. The van der Waals surface area contributed by atoms with Gasteiger partial charge in [-0.25, -0.2) is 0 Å². The molecular weight excluding hydrogens is 256 g/mol. The van der Waals surface area contributed by atoms with Crippen LogP contribution in [0.4, 0.5) is 0 Å². The number of cyclic esters (lactones) is 2. The summed E-state index contributed by atoms with van der Waals surface area (Å²) in [5, 5.41) is 2.22. The minimum absolute atomic E-state index is 0.330. The summed E-state index contributed by atoms with van der Waals surface area (Å²) in [4.78, 5) is 23.7. The average molecular weight is 266 g/mol. The number of hydrogen-bond acceptors (Lipinski definition) is 4. The Bertz CT molecular complexity index is 794. The van der Waals surface area contributed by atoms with Crippen molar-refractivity contribution in [2.75, 3.05) is 0 Å². The Hall–Kier alpha value is -2.20. The standard InChI is InChI=1S/C16H10O4/c17-15-11-12(16(18)20-15)14-10-8-4-2-1-3-7(8)5-6-9(10)13(11)19-14/h1-6,11-14H/t11-,12+,13+,14-/m0/s1. The Morgan fingerprint density at radius 3 is 2.45 bits per heavy atom. The van der Waals surface area contributed by atoms with Gasteiger partial charge in [0.2, 0.25) is 0 Å². The van der Waals surface area contributed by atoms with Gasteiger partial charge in [-0.3, -0.25) is 9.59 Å². The average Bonchev–Trinajstić information content (AvgIpc) is 3.10. The third-order valence-corrected chi connectivity index (χ3v) is 4.67. The number of rotatable bonds is 0. The molecule has 0 saturated carbocycles. The zero-order valence-electron chi connectivity index (χ0n) is 10.4. The maximum absolute atomic E-state index is 11.9. The molecule has 5 rings (SSSR count). The maximum Gasteiger partial charge on any atom is 0.320 e. The van der Waals surface area contributed by atoms with E-state index in [-0.39, 0.29) is 12.2 Å². The van der Waals surface area contributed by atoms with Crippen molar-refractivity contribution in [1.29, 1.82) is 0 Å². The van der Waals surface area contributed by atoms with Crippen molar-refractivity contribution in [2.45, 2.75) is 12.2 Å². The fourth-order valence-corrected chi connectivity index (χ4v) is 3.87. The lowest BCUT2D eigenvalue weighted by Crippen LogP contribution is -2.24. The minimum atomic E-state index is -0.467. The second-order valence-electron chi connectivity index (χ2n) is 5.56. The van der Waals surface area contributed by atoms with Crippen LogP contribution in [0.2, 0.25) is 0 Å². The molecule has 0 amide bonds. The summed E-state index contributed by atoms with van der Waals surface area (Å²) in [6.45, 7) is 0. The number of benzene rings is 2. The van der Waals surface area contributed by atoms with Gasteiger partial charge in [0.1, 0.15) is 11.8 Å². The number of esters is 2. The monoisotopic (exact) mass is 266 g/mol. The molecule has 0 unspecified atom stereocenters. The van der Waals surface area contributed by atoms with Gasteiger partial charge in [0.15, 0.2) is 0 Å². The number of ether oxygens (including phenoxy) is 2. The van der Waals surface area contributed by atoms with E-state index in [0.29, 0.717) is 0 Å². The largest absolute Gasteiger partial charge is 0.393 e. The van der Waals surface area contributed by atoms with Crippen LogP contribution < -0.4 is 0 Å². The van der Waals surface area contributed by atoms with Crippen LogP contribution in [0.15, 0.2) is 36.4 Å². The highest BCUT2D eigenvalue weighted by Gasteiger charge is 2.63. The second kappa shape index (κ2) is 3.27. The van der Waals surface area contributed by atoms with E-state index >= 15 is 0 Å². The molecule has 0 radical (unpaired) electrons. The lowest BCUT2D eigenvalue weighted by atomic mass is 9.76. The Kier molecular flexibility index (Phi) is 1.73. The molecule has 0 N–H and O–H groups in total. The molecule has 2 bridgehead atoms. The number of carbonyl (C=O) groups excluding carboxylic acids is 2. The van der Waals surface area contributed by atoms with Gasteiger partial charge in [-0.05, 0) is 21.9 Å². The van der Waals surface area contributed by atoms with Gasteiger partial charge in [-0.2, -0.15) is 0 Å². The van der Waals surface area contributed by atoms with Crippen molar-refractivity contribution in [3.63, 3.8) is 0 Å². The molecule has 2 saturated heterocycles. The van der Waals surface area contributed by atoms with E-state index in [4.69, 9.17) is 9.47 Å². The van der Waals surface area contributed by atoms with Crippen molar-refractivity contribution in [2.24, 2.45) is 11.8 Å². The molecule has 98 valence electrons. The van der Waals surface area contributed by atoms with Crippen LogP contribution in [0, 0.1) is 11.8 Å². The highest BCUT2D eigenvalue weighted by Crippen LogP contribution is 2.61. The van der Waals surface area contributed by atoms with Crippen molar-refractivity contribution in [1.82, 2.24) is 0 Å². The molecule has 2 fully saturated rings. The summed E-state index contributed by atoms with van der Waals surface area (Å²) in [5.41, 5.74) is 2.09. The topological polar surface area (TPSA) is 52.6 Å². The minimum Gasteiger partial charge on any atom is -0.393 e. The van der Waals surface area contributed by atoms with Gasteiger partial charge in [0.25, 0.3) is 0 Å². The third kappa shape index (κ3) is 1.04. The quantitative estimate of drug-likeness (QED) is 0.542. The Labute approximate surface area is 114 Å². The van der Waals surface area contributed by atoms with Gasteiger partial charge in [-0.1, -0.05) is 36.4 Å². The first-order valence-corrected chi connectivity index (χ1v) is 6.68. The normalized spacial score (nSPS) is 33.4. The van der Waals surface area contributed by atoms with E-state index in [1.54, 1.807) is 0 Å². The van der Waals surface area contributed by atoms with Gasteiger partial charge in [0, 0.05) is 0 Å². The molecule has 2 aromatic rings. The molecule has 0 aliphatic carbocycles. The van der Waals surface area contributed by atoms with Gasteiger partial charge in [-0.15, -0.1) is 0 Å². The Morgan fingerprint density at radius 2 is 1.60 bits per heavy atom. The SMILES string of the molecule is O=C1OC(=O)[C@H]2[C@@H]1[C@H]1O[C@@H]2c2ccc3ccccc3c21. The molecule has 3 aliphatic rings. The van der Waals surface area contributed by atoms with E-state index in [0.717, 1.165) is 21.9 Å². The Morgan fingerprint density at radius 1 is 0.850 bits per heavy atom. The number of hydrogen-bond donors (Lipinski definition) is 0. The van der Waals surface area contributed by atoms with Gasteiger partial charge >= 0.3 is 11.9 Å². The van der Waals surface area contributed by atoms with Crippen LogP contribution in [0.1, 0.15) is 23.3 Å². The van der Waals surface area contributed by atoms with Crippen molar-refractivity contribution < 1.29 is 19.1 Å². The summed E-state index contributed by atoms with van der Waals surface area (Å²) in [6.07, 6.45) is -0.673. The fraction of sp³-hybridized carbons (Fsp3) is 0.250. The molecule has 3 aliphatic heterocycles. The lowest BCUT2D eigenvalue weighted by molar-refractivity contribution is -0.157. The summed E-state index contributed by atoms with van der Waals surface area (Å²) in [7, 11) is 0. The zero-order chi connectivity index (χ0) is 13.4. The summed E-state index contributed by atoms with van der Waals surface area (Å²) >= 11 is 0. The van der Waals surface area contributed by atoms with Crippen LogP contribution in [0.5, 0.6) is 0 Å². The summed E-state index contributed by atoms with van der Waals surface area (Å²) < 4.78 is 10.7. The fourth-order valence-electron chi connectivity index (χ4n) is 3.87. The molecule has 0 spiro atoms. The summed E-state index contributed by atoms with van der Waals surface area (Å²) in [5.74, 6) is -1.80. The lowest BCUT2D eigenvalue weighted by Gasteiger charge is -2.20. The highest BCUT2D eigenvalue weighted by atomic mass is 16.6. The molecule has 3 heterocycles. The number of carbonyl (C=O) groups is 2. The molecule has 4 heteroatoms. The molecule has 20 heavy (non-hydrogen) atoms. The van der Waals surface area contributed by atoms with E-state index in [1.807, 2.05) is 36.4 Å². The van der Waals surface area contributed by atoms with Crippen LogP contribution in [0.25, 0.3) is 10.8 Å². The summed E-state index contributed by atoms with van der Waals surface area (Å²) in [6, 6.07) is 12.1. The third-order valence-electron chi connectivity index (χ3n) is 4.67. The highest BCUT2D eigenvalue weighted by molar-refractivity contribution is 6.00. The van der Waals surface area contributed by atoms with Crippen molar-refractivity contribution in [3.05, 3.63) is 47.5 Å². The second-order valence-corrected chi connectivity index (χ2v) is 5.56. The van der Waals surface area contributed by atoms with Crippen LogP contribution in [0.3, 0.4) is 0 Å². The van der Waals surface area contributed by atoms with Crippen molar-refractivity contribution in [3.8, 4) is 0 Å². The van der Waals surface area contributed by atoms with E-state index in [2.05, 4.69) is 0 Å². The smallest absolute Gasteiger partial charge is 0.320 e. The van der Waals surface area contributed by atoms with Gasteiger partial charge < -0.3 is 9.47 Å². The predicted molar refractivity (Wildman–Crippen MR) is 68.6 cm³/mol. The van der Waals surface area contributed by atoms with Crippen LogP contribution in [-0.4, -0.2) is 11.9 Å². The molecule has 4 atom stereocenters. The van der Waals surface area contributed by atoms with Crippen LogP contribution in [-0.2, 0) is 19.1 Å². The number of fused-ring (bicyclic) bond motifs is 10. The maximum atomic E-state index is 11.9. The molecular formula is C16H10O4. The first-order valence-electron chi connectivity index (χ1n) is 6.68. The molecule has 4 nitrogen and oxygen atoms in total.